The van der Waals surface area contributed by atoms with Crippen LogP contribution < -0.4 is 15.4 Å². The van der Waals surface area contributed by atoms with Gasteiger partial charge in [0.1, 0.15) is 12.1 Å². The van der Waals surface area contributed by atoms with Gasteiger partial charge in [0.25, 0.3) is 0 Å². The van der Waals surface area contributed by atoms with Gasteiger partial charge in [-0.25, -0.2) is 9.97 Å². The summed E-state index contributed by atoms with van der Waals surface area (Å²) in [5.41, 5.74) is 2.65. The van der Waals surface area contributed by atoms with Gasteiger partial charge in [-0.1, -0.05) is 38.1 Å². The normalized spacial score (nSPS) is 10.6. The van der Waals surface area contributed by atoms with Crippen molar-refractivity contribution in [2.45, 2.75) is 26.3 Å². The average Bonchev–Trinajstić information content (AvgIpc) is 2.73. The second kappa shape index (κ2) is 9.01. The Bertz CT molecular complexity index is 973. The molecule has 8 heteroatoms. The Balaban J connectivity index is 1.80. The van der Waals surface area contributed by atoms with E-state index in [-0.39, 0.29) is 17.3 Å². The van der Waals surface area contributed by atoms with E-state index in [0.717, 1.165) is 17.0 Å². The SMILES string of the molecule is COc1ccc(CNc2ncnc(Nc3ccc(C(C)C)cc3)c2[N+](=O)[O-])cc1. The molecule has 0 aliphatic carbocycles. The van der Waals surface area contributed by atoms with E-state index >= 15 is 0 Å². The van der Waals surface area contributed by atoms with Crippen molar-refractivity contribution in [1.29, 1.82) is 0 Å². The summed E-state index contributed by atoms with van der Waals surface area (Å²) in [5.74, 6) is 1.45. The molecular weight excluding hydrogens is 370 g/mol. The summed E-state index contributed by atoms with van der Waals surface area (Å²) in [4.78, 5) is 19.3. The zero-order valence-electron chi connectivity index (χ0n) is 16.5. The Morgan fingerprint density at radius 3 is 2.28 bits per heavy atom. The van der Waals surface area contributed by atoms with Crippen molar-refractivity contribution >= 4 is 23.0 Å². The Kier molecular flexibility index (Phi) is 6.23. The van der Waals surface area contributed by atoms with Crippen molar-refractivity contribution in [1.82, 2.24) is 9.97 Å². The van der Waals surface area contributed by atoms with E-state index in [0.29, 0.717) is 12.5 Å². The van der Waals surface area contributed by atoms with Crippen LogP contribution in [0.2, 0.25) is 0 Å². The number of aromatic nitrogens is 2. The lowest BCUT2D eigenvalue weighted by molar-refractivity contribution is -0.383. The van der Waals surface area contributed by atoms with Gasteiger partial charge in [0.2, 0.25) is 11.6 Å². The summed E-state index contributed by atoms with van der Waals surface area (Å²) < 4.78 is 5.14. The molecule has 1 heterocycles. The predicted octanol–water partition coefficient (Wildman–Crippen LogP) is 4.87. The summed E-state index contributed by atoms with van der Waals surface area (Å²) in [6.07, 6.45) is 1.30. The Morgan fingerprint density at radius 1 is 1.03 bits per heavy atom. The number of hydrogen-bond donors (Lipinski definition) is 2. The first-order valence-electron chi connectivity index (χ1n) is 9.21. The first-order chi connectivity index (χ1) is 14.0. The lowest BCUT2D eigenvalue weighted by Crippen LogP contribution is -2.08. The number of methoxy groups -OCH3 is 1. The molecule has 0 bridgehead atoms. The standard InChI is InChI=1S/C21H23N5O3/c1-14(2)16-6-8-17(9-7-16)25-21-19(26(27)28)20(23-13-24-21)22-12-15-4-10-18(29-3)11-5-15/h4-11,13-14H,12H2,1-3H3,(H2,22,23,24,25). The fourth-order valence-corrected chi connectivity index (χ4v) is 2.79. The number of nitrogens with zero attached hydrogens (tertiary/aromatic N) is 3. The molecule has 0 atom stereocenters. The number of nitro groups is 1. The van der Waals surface area contributed by atoms with Gasteiger partial charge in [-0.3, -0.25) is 10.1 Å². The van der Waals surface area contributed by atoms with Crippen molar-refractivity contribution in [2.24, 2.45) is 0 Å². The van der Waals surface area contributed by atoms with Crippen LogP contribution in [0.25, 0.3) is 0 Å². The lowest BCUT2D eigenvalue weighted by Gasteiger charge is -2.11. The van der Waals surface area contributed by atoms with Gasteiger partial charge in [-0.15, -0.1) is 0 Å². The first kappa shape index (κ1) is 20.1. The van der Waals surface area contributed by atoms with E-state index in [1.54, 1.807) is 7.11 Å². The molecule has 150 valence electrons. The van der Waals surface area contributed by atoms with Crippen molar-refractivity contribution in [3.63, 3.8) is 0 Å². The number of rotatable bonds is 8. The van der Waals surface area contributed by atoms with Crippen molar-refractivity contribution in [2.75, 3.05) is 17.7 Å². The number of nitrogens with one attached hydrogen (secondary N) is 2. The fraction of sp³-hybridized carbons (Fsp3) is 0.238. The fourth-order valence-electron chi connectivity index (χ4n) is 2.79. The van der Waals surface area contributed by atoms with Gasteiger partial charge in [0, 0.05) is 12.2 Å². The van der Waals surface area contributed by atoms with Crippen LogP contribution in [0.5, 0.6) is 5.75 Å². The summed E-state index contributed by atoms with van der Waals surface area (Å²) >= 11 is 0. The number of hydrogen-bond acceptors (Lipinski definition) is 7. The second-order valence-corrected chi connectivity index (χ2v) is 6.78. The average molecular weight is 393 g/mol. The minimum atomic E-state index is -0.485. The van der Waals surface area contributed by atoms with Gasteiger partial charge in [0.15, 0.2) is 0 Å². The van der Waals surface area contributed by atoms with Crippen LogP contribution in [0.15, 0.2) is 54.9 Å². The largest absolute Gasteiger partial charge is 0.497 e. The topological polar surface area (TPSA) is 102 Å². The minimum absolute atomic E-state index is 0.138. The number of benzene rings is 2. The maximum Gasteiger partial charge on any atom is 0.353 e. The zero-order chi connectivity index (χ0) is 20.8. The third-order valence-corrected chi connectivity index (χ3v) is 4.46. The van der Waals surface area contributed by atoms with E-state index < -0.39 is 4.92 Å². The molecule has 1 aromatic heterocycles. The predicted molar refractivity (Wildman–Crippen MR) is 113 cm³/mol. The van der Waals surface area contributed by atoms with Crippen LogP contribution in [0, 0.1) is 10.1 Å². The second-order valence-electron chi connectivity index (χ2n) is 6.78. The number of anilines is 3. The quantitative estimate of drug-likeness (QED) is 0.416. The molecule has 0 amide bonds. The highest BCUT2D eigenvalue weighted by molar-refractivity contribution is 5.73. The van der Waals surface area contributed by atoms with E-state index in [9.17, 15) is 10.1 Å². The summed E-state index contributed by atoms with van der Waals surface area (Å²) in [6.45, 7) is 4.60. The number of ether oxygens (including phenoxy) is 1. The summed E-state index contributed by atoms with van der Waals surface area (Å²) in [7, 11) is 1.60. The van der Waals surface area contributed by atoms with Crippen LogP contribution in [0.3, 0.4) is 0 Å². The molecule has 0 saturated carbocycles. The Labute approximate surface area is 169 Å². The molecule has 2 N–H and O–H groups in total. The van der Waals surface area contributed by atoms with Gasteiger partial charge in [-0.05, 0) is 41.3 Å². The van der Waals surface area contributed by atoms with E-state index in [1.807, 2.05) is 48.5 Å². The molecule has 0 unspecified atom stereocenters. The Hall–Kier alpha value is -3.68. The van der Waals surface area contributed by atoms with Gasteiger partial charge in [-0.2, -0.15) is 0 Å². The van der Waals surface area contributed by atoms with Crippen molar-refractivity contribution in [3.8, 4) is 5.75 Å². The maximum absolute atomic E-state index is 11.7. The molecule has 3 rings (SSSR count). The molecule has 3 aromatic rings. The van der Waals surface area contributed by atoms with Crippen LogP contribution >= 0.6 is 0 Å². The van der Waals surface area contributed by atoms with E-state index in [2.05, 4.69) is 34.4 Å². The third kappa shape index (κ3) is 4.98. The first-order valence-corrected chi connectivity index (χ1v) is 9.21. The van der Waals surface area contributed by atoms with Crippen molar-refractivity contribution < 1.29 is 9.66 Å². The third-order valence-electron chi connectivity index (χ3n) is 4.46. The molecule has 2 aromatic carbocycles. The summed E-state index contributed by atoms with van der Waals surface area (Å²) in [5, 5.41) is 17.7. The van der Waals surface area contributed by atoms with Gasteiger partial charge < -0.3 is 15.4 Å². The molecule has 0 spiro atoms. The highest BCUT2D eigenvalue weighted by Gasteiger charge is 2.23. The van der Waals surface area contributed by atoms with Crippen LogP contribution in [0.1, 0.15) is 30.9 Å². The zero-order valence-corrected chi connectivity index (χ0v) is 16.5. The highest BCUT2D eigenvalue weighted by atomic mass is 16.6. The molecule has 0 fully saturated rings. The minimum Gasteiger partial charge on any atom is -0.497 e. The van der Waals surface area contributed by atoms with E-state index in [1.165, 1.54) is 11.9 Å². The van der Waals surface area contributed by atoms with Crippen LogP contribution in [-0.2, 0) is 6.54 Å². The maximum atomic E-state index is 11.7. The lowest BCUT2D eigenvalue weighted by atomic mass is 10.0. The van der Waals surface area contributed by atoms with Crippen LogP contribution in [-0.4, -0.2) is 22.0 Å². The summed E-state index contributed by atoms with van der Waals surface area (Å²) in [6, 6.07) is 15.2. The molecule has 8 nitrogen and oxygen atoms in total. The Morgan fingerprint density at radius 2 is 1.69 bits per heavy atom. The smallest absolute Gasteiger partial charge is 0.353 e. The van der Waals surface area contributed by atoms with Gasteiger partial charge >= 0.3 is 5.69 Å². The van der Waals surface area contributed by atoms with E-state index in [4.69, 9.17) is 4.74 Å². The molecule has 29 heavy (non-hydrogen) atoms. The highest BCUT2D eigenvalue weighted by Crippen LogP contribution is 2.31. The molecule has 0 aliphatic rings. The van der Waals surface area contributed by atoms with Crippen molar-refractivity contribution in [3.05, 3.63) is 76.1 Å². The molecule has 0 saturated heterocycles. The van der Waals surface area contributed by atoms with Gasteiger partial charge in [0.05, 0.1) is 12.0 Å². The van der Waals surface area contributed by atoms with Crippen LogP contribution in [0.4, 0.5) is 23.0 Å². The monoisotopic (exact) mass is 393 g/mol. The molecule has 0 radical (unpaired) electrons. The molecular formula is C21H23N5O3. The molecule has 0 aliphatic heterocycles.